The first-order chi connectivity index (χ1) is 30.3. The highest BCUT2D eigenvalue weighted by atomic mass is 35.5. The molecule has 63 heavy (non-hydrogen) atoms. The van der Waals surface area contributed by atoms with Gasteiger partial charge in [0.2, 0.25) is 0 Å². The highest BCUT2D eigenvalue weighted by molar-refractivity contribution is 7.17. The Morgan fingerprint density at radius 1 is 0.730 bits per heavy atom. The Morgan fingerprint density at radius 3 is 1.57 bits per heavy atom. The number of anilines is 2. The van der Waals surface area contributed by atoms with E-state index in [0.29, 0.717) is 74.6 Å². The first-order valence-electron chi connectivity index (χ1n) is 20.8. The fourth-order valence-electron chi connectivity index (χ4n) is 10.1. The van der Waals surface area contributed by atoms with E-state index in [1.807, 2.05) is 31.2 Å². The summed E-state index contributed by atoms with van der Waals surface area (Å²) in [6, 6.07) is 10.1. The van der Waals surface area contributed by atoms with Crippen LogP contribution in [0.25, 0.3) is 22.3 Å². The predicted molar refractivity (Wildman–Crippen MR) is 243 cm³/mol. The van der Waals surface area contributed by atoms with E-state index in [0.717, 1.165) is 21.1 Å². The summed E-state index contributed by atoms with van der Waals surface area (Å²) in [5.41, 5.74) is 3.39. The second kappa shape index (κ2) is 16.6. The number of fused-ring (bicyclic) bond motifs is 4. The number of hydrogen-bond donors (Lipinski definition) is 6. The lowest BCUT2D eigenvalue weighted by molar-refractivity contribution is -0.130. The van der Waals surface area contributed by atoms with Crippen molar-refractivity contribution >= 4 is 91.1 Å². The zero-order valence-corrected chi connectivity index (χ0v) is 37.8. The average molecular weight is 928 g/mol. The lowest BCUT2D eigenvalue weighted by Gasteiger charge is -2.23. The Hall–Kier alpha value is -4.88. The Labute approximate surface area is 380 Å². The molecule has 10 atom stereocenters. The Kier molecular flexibility index (Phi) is 11.4. The SMILES string of the molecule is CCC(=O)[C@@]12C[C@@H]1[C@@H](n1cnc3c(NC)cc(C#Cc4ccc(Cl)s4)nc31)[C@@H](O)C2O.CCNc1cc(C#Cc2ccc(Cl)s2)nc2c1ncn2[C@@H]1[C@H]2C[C@@]2(C(=O)CC)C(O)[C@@H]1O. The Morgan fingerprint density at radius 2 is 1.17 bits per heavy atom. The van der Waals surface area contributed by atoms with E-state index < -0.39 is 47.3 Å². The van der Waals surface area contributed by atoms with Crippen LogP contribution in [0.3, 0.4) is 0 Å². The monoisotopic (exact) mass is 926 g/mol. The zero-order chi connectivity index (χ0) is 44.5. The molecule has 4 fully saturated rings. The molecule has 326 valence electrons. The van der Waals surface area contributed by atoms with Gasteiger partial charge in [-0.1, -0.05) is 37.0 Å². The first kappa shape index (κ1) is 43.4. The Balaban J connectivity index is 0.000000160. The number of aliphatic hydroxyl groups excluding tert-OH is 4. The largest absolute Gasteiger partial charge is 0.389 e. The maximum absolute atomic E-state index is 12.6. The summed E-state index contributed by atoms with van der Waals surface area (Å²) in [6.07, 6.45) is 0.800. The van der Waals surface area contributed by atoms with E-state index in [2.05, 4.69) is 44.3 Å². The number of nitrogens with one attached hydrogen (secondary N) is 2. The number of carbonyl (C=O) groups is 2. The fraction of sp³-hybridized carbons (Fsp3) is 0.422. The summed E-state index contributed by atoms with van der Waals surface area (Å²) in [7, 11) is 1.80. The smallest absolute Gasteiger partial charge is 0.163 e. The molecular weight excluding hydrogens is 884 g/mol. The van der Waals surface area contributed by atoms with Gasteiger partial charge >= 0.3 is 0 Å². The zero-order valence-electron chi connectivity index (χ0n) is 34.6. The van der Waals surface area contributed by atoms with Gasteiger partial charge in [0.05, 0.1) is 77.6 Å². The molecule has 6 N–H and O–H groups in total. The topological polar surface area (TPSA) is 201 Å². The molecule has 6 aromatic rings. The number of aromatic nitrogens is 6. The molecule has 18 heteroatoms. The average Bonchev–Trinajstić information content (AvgIpc) is 3.66. The normalized spacial score (nSPS) is 28.5. The van der Waals surface area contributed by atoms with Crippen molar-refractivity contribution < 1.29 is 30.0 Å². The standard InChI is InChI=1S/C23H23ClN4O3S.C22H21ClN4O3S/c1-3-16(29)23-10-14(23)19(20(30)21(23)31)28-11-26-18-15(25-4-2)9-12(27-22(18)28)5-6-13-7-8-17(24)32-13;1-3-15(28)22-9-13(22)18(19(29)20(22)30)27-10-25-17-14(24-2)8-11(26-21(17)27)4-5-12-6-7-16(23)31-12/h7-9,11,14,19-21,30-31H,3-4,10H2,1-2H3,(H,25,27);6-8,10,13,18-20,29-30H,3,9H2,1-2H3,(H,24,26)/t14-,19-,20-,21?,23-;13-,18-,19-,20?,22-/m11/s1. The molecule has 10 rings (SSSR count). The fourth-order valence-corrected chi connectivity index (χ4v) is 11.8. The van der Waals surface area contributed by atoms with E-state index in [4.69, 9.17) is 33.2 Å². The molecule has 0 aliphatic heterocycles. The molecule has 0 aromatic carbocycles. The molecule has 0 spiro atoms. The van der Waals surface area contributed by atoms with Crippen LogP contribution in [0.4, 0.5) is 11.4 Å². The van der Waals surface area contributed by atoms with Crippen molar-refractivity contribution in [1.29, 1.82) is 0 Å². The Bertz CT molecular complexity index is 2920. The number of nitrogens with zero attached hydrogens (tertiary/aromatic N) is 6. The van der Waals surface area contributed by atoms with Gasteiger partial charge in [-0.15, -0.1) is 22.7 Å². The minimum Gasteiger partial charge on any atom is -0.389 e. The number of carbonyl (C=O) groups excluding carboxylic acids is 2. The van der Waals surface area contributed by atoms with Crippen LogP contribution in [0, 0.1) is 46.3 Å². The third-order valence-corrected chi connectivity index (χ3v) is 15.4. The van der Waals surface area contributed by atoms with Gasteiger partial charge in [-0.3, -0.25) is 9.59 Å². The van der Waals surface area contributed by atoms with Crippen LogP contribution >= 0.6 is 45.9 Å². The van der Waals surface area contributed by atoms with Crippen molar-refractivity contribution in [2.45, 2.75) is 83.0 Å². The van der Waals surface area contributed by atoms with Gasteiger partial charge in [-0.2, -0.15) is 0 Å². The number of aliphatic hydroxyl groups is 4. The van der Waals surface area contributed by atoms with E-state index in [9.17, 15) is 30.0 Å². The van der Waals surface area contributed by atoms with Gasteiger partial charge < -0.3 is 40.2 Å². The van der Waals surface area contributed by atoms with Crippen LogP contribution in [0.5, 0.6) is 0 Å². The maximum Gasteiger partial charge on any atom is 0.163 e. The van der Waals surface area contributed by atoms with Gasteiger partial charge in [0, 0.05) is 26.4 Å². The summed E-state index contributed by atoms with van der Waals surface area (Å²) in [4.78, 5) is 45.2. The summed E-state index contributed by atoms with van der Waals surface area (Å²) < 4.78 is 4.94. The van der Waals surface area contributed by atoms with Crippen LogP contribution < -0.4 is 10.6 Å². The third-order valence-electron chi connectivity index (χ3n) is 13.1. The summed E-state index contributed by atoms with van der Waals surface area (Å²) in [5.74, 6) is 12.1. The van der Waals surface area contributed by atoms with E-state index >= 15 is 0 Å². The third kappa shape index (κ3) is 7.12. The lowest BCUT2D eigenvalue weighted by Crippen LogP contribution is -2.37. The molecule has 6 aromatic heterocycles. The number of thiophene rings is 2. The quantitative estimate of drug-likeness (QED) is 0.0914. The van der Waals surface area contributed by atoms with Gasteiger partial charge in [0.15, 0.2) is 11.3 Å². The van der Waals surface area contributed by atoms with Crippen molar-refractivity contribution in [3.05, 3.63) is 78.9 Å². The maximum atomic E-state index is 12.6. The van der Waals surface area contributed by atoms with Gasteiger partial charge in [0.1, 0.15) is 46.2 Å². The predicted octanol–water partition coefficient (Wildman–Crippen LogP) is 6.09. The summed E-state index contributed by atoms with van der Waals surface area (Å²) in [6.45, 7) is 6.27. The molecule has 6 heterocycles. The van der Waals surface area contributed by atoms with Crippen molar-refractivity contribution in [3.8, 4) is 23.7 Å². The minimum atomic E-state index is -1.08. The molecule has 4 saturated carbocycles. The number of imidazole rings is 2. The van der Waals surface area contributed by atoms with E-state index in [1.54, 1.807) is 54.8 Å². The highest BCUT2D eigenvalue weighted by Gasteiger charge is 2.75. The van der Waals surface area contributed by atoms with E-state index in [1.165, 1.54) is 22.7 Å². The molecule has 14 nitrogen and oxygen atoms in total. The van der Waals surface area contributed by atoms with Gasteiger partial charge in [-0.25, -0.2) is 19.9 Å². The van der Waals surface area contributed by atoms with Crippen molar-refractivity contribution in [2.75, 3.05) is 24.2 Å². The molecule has 0 bridgehead atoms. The molecular formula is C45H44Cl2N8O6S2. The van der Waals surface area contributed by atoms with Crippen molar-refractivity contribution in [2.24, 2.45) is 22.7 Å². The number of hydrogen-bond acceptors (Lipinski definition) is 14. The highest BCUT2D eigenvalue weighted by Crippen LogP contribution is 2.69. The molecule has 4 aliphatic carbocycles. The molecule has 0 saturated heterocycles. The molecule has 0 amide bonds. The number of rotatable bonds is 9. The minimum absolute atomic E-state index is 0.000934. The van der Waals surface area contributed by atoms with E-state index in [-0.39, 0.29) is 23.4 Å². The van der Waals surface area contributed by atoms with Crippen molar-refractivity contribution in [3.63, 3.8) is 0 Å². The summed E-state index contributed by atoms with van der Waals surface area (Å²) >= 11 is 14.8. The number of halogens is 2. The molecule has 4 aliphatic rings. The second-order valence-corrected chi connectivity index (χ2v) is 19.8. The van der Waals surface area contributed by atoms with Crippen LogP contribution in [-0.2, 0) is 9.59 Å². The van der Waals surface area contributed by atoms with Crippen LogP contribution in [0.2, 0.25) is 8.67 Å². The molecule has 0 radical (unpaired) electrons. The van der Waals surface area contributed by atoms with Crippen LogP contribution in [0.15, 0.2) is 49.1 Å². The van der Waals surface area contributed by atoms with Crippen molar-refractivity contribution in [1.82, 2.24) is 29.1 Å². The molecule has 2 unspecified atom stereocenters. The van der Waals surface area contributed by atoms with Crippen LogP contribution in [-0.4, -0.2) is 99.1 Å². The number of pyridine rings is 2. The van der Waals surface area contributed by atoms with Crippen LogP contribution in [0.1, 0.15) is 79.7 Å². The van der Waals surface area contributed by atoms with Gasteiger partial charge in [-0.05, 0) is 91.7 Å². The summed E-state index contributed by atoms with van der Waals surface area (Å²) in [5, 5.41) is 49.5. The first-order valence-corrected chi connectivity index (χ1v) is 23.2. The number of Topliss-reactive ketones (excluding diaryl/α,β-unsaturated/α-hetero) is 2. The number of ketones is 2. The second-order valence-electron chi connectivity index (χ2n) is 16.4. The lowest BCUT2D eigenvalue weighted by atomic mass is 9.92. The van der Waals surface area contributed by atoms with Gasteiger partial charge in [0.25, 0.3) is 0 Å².